The van der Waals surface area contributed by atoms with Crippen LogP contribution in [0.4, 0.5) is 5.13 Å². The van der Waals surface area contributed by atoms with Crippen LogP contribution in [0.5, 0.6) is 5.75 Å². The molecule has 1 amide bonds. The minimum absolute atomic E-state index is 0.112. The molecule has 0 bridgehead atoms. The molecule has 1 aromatic carbocycles. The summed E-state index contributed by atoms with van der Waals surface area (Å²) in [7, 11) is 2.77. The second kappa shape index (κ2) is 8.55. The van der Waals surface area contributed by atoms with Gasteiger partial charge in [0.1, 0.15) is 28.2 Å². The van der Waals surface area contributed by atoms with Crippen LogP contribution in [-0.2, 0) is 14.3 Å². The maximum absolute atomic E-state index is 13.1. The zero-order chi connectivity index (χ0) is 23.9. The Hall–Kier alpha value is -3.92. The van der Waals surface area contributed by atoms with E-state index in [2.05, 4.69) is 4.98 Å². The first kappa shape index (κ1) is 22.3. The molecule has 10 heteroatoms. The molecule has 0 saturated carbocycles. The molecule has 3 aromatic rings. The lowest BCUT2D eigenvalue weighted by molar-refractivity contribution is -0.132. The van der Waals surface area contributed by atoms with E-state index in [1.165, 1.54) is 20.5 Å². The summed E-state index contributed by atoms with van der Waals surface area (Å²) in [5, 5.41) is 11.2. The second-order valence-electron chi connectivity index (χ2n) is 7.27. The van der Waals surface area contributed by atoms with E-state index in [1.807, 2.05) is 0 Å². The van der Waals surface area contributed by atoms with E-state index in [0.29, 0.717) is 17.0 Å². The molecule has 1 atom stereocenters. The molecule has 0 aliphatic carbocycles. The van der Waals surface area contributed by atoms with Crippen LogP contribution in [-0.4, -0.2) is 42.0 Å². The lowest BCUT2D eigenvalue weighted by atomic mass is 9.98. The molecule has 2 aromatic heterocycles. The molecule has 1 unspecified atom stereocenters. The zero-order valence-electron chi connectivity index (χ0n) is 18.2. The topological polar surface area (TPSA) is 119 Å². The highest BCUT2D eigenvalue weighted by Crippen LogP contribution is 2.44. The molecule has 4 rings (SSSR count). The largest absolute Gasteiger partial charge is 0.507 e. The number of anilines is 1. The van der Waals surface area contributed by atoms with Gasteiger partial charge in [0, 0.05) is 5.56 Å². The number of hydrogen-bond donors (Lipinski definition) is 1. The lowest BCUT2D eigenvalue weighted by Crippen LogP contribution is -2.29. The van der Waals surface area contributed by atoms with E-state index in [9.17, 15) is 19.5 Å². The van der Waals surface area contributed by atoms with Gasteiger partial charge in [-0.15, -0.1) is 0 Å². The van der Waals surface area contributed by atoms with Crippen molar-refractivity contribution in [3.05, 3.63) is 69.6 Å². The monoisotopic (exact) mass is 468 g/mol. The summed E-state index contributed by atoms with van der Waals surface area (Å²) in [6.45, 7) is 3.40. The van der Waals surface area contributed by atoms with Crippen LogP contribution < -0.4 is 9.64 Å². The Morgan fingerprint density at radius 3 is 2.58 bits per heavy atom. The molecule has 1 saturated heterocycles. The zero-order valence-corrected chi connectivity index (χ0v) is 19.1. The van der Waals surface area contributed by atoms with Crippen LogP contribution in [0, 0.1) is 13.8 Å². The molecule has 9 nitrogen and oxygen atoms in total. The number of rotatable bonds is 5. The van der Waals surface area contributed by atoms with Gasteiger partial charge in [-0.1, -0.05) is 11.3 Å². The number of carbonyl (C=O) groups excluding carboxylic acids is 3. The molecule has 0 radical (unpaired) electrons. The minimum Gasteiger partial charge on any atom is -0.507 e. The number of ether oxygens (including phenoxy) is 2. The number of hydrogen-bond acceptors (Lipinski definition) is 9. The van der Waals surface area contributed by atoms with Gasteiger partial charge in [0.25, 0.3) is 5.78 Å². The molecule has 3 heterocycles. The van der Waals surface area contributed by atoms with E-state index in [-0.39, 0.29) is 27.1 Å². The van der Waals surface area contributed by atoms with Crippen molar-refractivity contribution in [1.82, 2.24) is 4.98 Å². The van der Waals surface area contributed by atoms with Crippen LogP contribution >= 0.6 is 11.3 Å². The van der Waals surface area contributed by atoms with Crippen LogP contribution in [0.25, 0.3) is 5.76 Å². The highest BCUT2D eigenvalue weighted by atomic mass is 32.1. The fraction of sp³-hybridized carbons (Fsp3) is 0.217. The summed E-state index contributed by atoms with van der Waals surface area (Å²) in [5.41, 5.74) is 1.29. The SMILES string of the molecule is COC(=O)c1sc(N2C(=O)C(=O)C(=C(O)c3ccc(OC)c(C)c3)C2c2ccco2)nc1C. The van der Waals surface area contributed by atoms with Crippen molar-refractivity contribution in [3.63, 3.8) is 0 Å². The van der Waals surface area contributed by atoms with E-state index in [4.69, 9.17) is 13.9 Å². The molecule has 1 aliphatic heterocycles. The average Bonchev–Trinajstić information content (AvgIpc) is 3.52. The Morgan fingerprint density at radius 1 is 1.21 bits per heavy atom. The number of aliphatic hydroxyl groups is 1. The number of ketones is 1. The van der Waals surface area contributed by atoms with Gasteiger partial charge in [-0.3, -0.25) is 14.5 Å². The highest BCUT2D eigenvalue weighted by Gasteiger charge is 2.49. The number of amides is 1. The van der Waals surface area contributed by atoms with Crippen LogP contribution in [0.2, 0.25) is 0 Å². The first-order chi connectivity index (χ1) is 15.8. The van der Waals surface area contributed by atoms with Crippen molar-refractivity contribution in [3.8, 4) is 5.75 Å². The van der Waals surface area contributed by atoms with Gasteiger partial charge in [-0.2, -0.15) is 0 Å². The Labute approximate surface area is 192 Å². The molecule has 1 fully saturated rings. The van der Waals surface area contributed by atoms with Gasteiger partial charge in [-0.25, -0.2) is 9.78 Å². The van der Waals surface area contributed by atoms with Crippen molar-refractivity contribution in [2.75, 3.05) is 19.1 Å². The van der Waals surface area contributed by atoms with Crippen LogP contribution in [0.3, 0.4) is 0 Å². The number of thiazole rings is 1. The van der Waals surface area contributed by atoms with Gasteiger partial charge in [0.15, 0.2) is 5.13 Å². The van der Waals surface area contributed by atoms with Crippen molar-refractivity contribution >= 4 is 39.9 Å². The first-order valence-corrected chi connectivity index (χ1v) is 10.6. The number of benzene rings is 1. The Bertz CT molecular complexity index is 1290. The van der Waals surface area contributed by atoms with Crippen molar-refractivity contribution < 1.29 is 33.4 Å². The molecule has 33 heavy (non-hydrogen) atoms. The summed E-state index contributed by atoms with van der Waals surface area (Å²) in [5.74, 6) is -1.87. The minimum atomic E-state index is -1.07. The highest BCUT2D eigenvalue weighted by molar-refractivity contribution is 7.17. The van der Waals surface area contributed by atoms with Gasteiger partial charge < -0.3 is 19.0 Å². The Balaban J connectivity index is 1.90. The Morgan fingerprint density at radius 2 is 1.97 bits per heavy atom. The first-order valence-electron chi connectivity index (χ1n) is 9.83. The fourth-order valence-electron chi connectivity index (χ4n) is 3.69. The summed E-state index contributed by atoms with van der Waals surface area (Å²) < 4.78 is 15.5. The number of furan rings is 1. The van der Waals surface area contributed by atoms with Crippen molar-refractivity contribution in [1.29, 1.82) is 0 Å². The number of carbonyl (C=O) groups is 3. The standard InChI is InChI=1S/C23H20N2O7S/c1-11-10-13(7-8-14(11)30-3)18(26)16-17(15-6-5-9-32-15)25(21(28)19(16)27)23-24-12(2)20(33-23)22(29)31-4/h5-10,17,26H,1-4H3. The Kier molecular flexibility index (Phi) is 5.77. The van der Waals surface area contributed by atoms with E-state index in [0.717, 1.165) is 21.8 Å². The third-order valence-electron chi connectivity index (χ3n) is 5.29. The smallest absolute Gasteiger partial charge is 0.350 e. The molecular weight excluding hydrogens is 448 g/mol. The number of methoxy groups -OCH3 is 2. The van der Waals surface area contributed by atoms with Gasteiger partial charge in [-0.05, 0) is 49.7 Å². The van der Waals surface area contributed by atoms with E-state index in [1.54, 1.807) is 44.2 Å². The summed E-state index contributed by atoms with van der Waals surface area (Å²) in [4.78, 5) is 43.9. The predicted octanol–water partition coefficient (Wildman–Crippen LogP) is 3.77. The number of aryl methyl sites for hydroxylation is 2. The lowest BCUT2D eigenvalue weighted by Gasteiger charge is -2.20. The average molecular weight is 468 g/mol. The van der Waals surface area contributed by atoms with Gasteiger partial charge in [0.05, 0.1) is 31.7 Å². The van der Waals surface area contributed by atoms with Gasteiger partial charge in [0.2, 0.25) is 0 Å². The number of aliphatic hydroxyl groups excluding tert-OH is 1. The molecule has 1 aliphatic rings. The van der Waals surface area contributed by atoms with Crippen LogP contribution in [0.1, 0.15) is 38.3 Å². The maximum atomic E-state index is 13.1. The molecule has 1 N–H and O–H groups in total. The van der Waals surface area contributed by atoms with Gasteiger partial charge >= 0.3 is 11.9 Å². The third-order valence-corrected chi connectivity index (χ3v) is 6.42. The summed E-state index contributed by atoms with van der Waals surface area (Å²) >= 11 is 0.918. The summed E-state index contributed by atoms with van der Waals surface area (Å²) in [6, 6.07) is 7.05. The maximum Gasteiger partial charge on any atom is 0.350 e. The molecule has 0 spiro atoms. The predicted molar refractivity (Wildman–Crippen MR) is 119 cm³/mol. The third kappa shape index (κ3) is 3.68. The normalized spacial score (nSPS) is 17.5. The second-order valence-corrected chi connectivity index (χ2v) is 8.25. The number of nitrogens with zero attached hydrogens (tertiary/aromatic N) is 2. The summed E-state index contributed by atoms with van der Waals surface area (Å²) in [6.07, 6.45) is 1.40. The van der Waals surface area contributed by atoms with Crippen LogP contribution in [0.15, 0.2) is 46.6 Å². The van der Waals surface area contributed by atoms with E-state index >= 15 is 0 Å². The quantitative estimate of drug-likeness (QED) is 0.260. The number of aromatic nitrogens is 1. The number of Topliss-reactive ketones (excluding diaryl/α,β-unsaturated/α-hetero) is 1. The number of esters is 1. The molecular formula is C23H20N2O7S. The fourth-order valence-corrected chi connectivity index (χ4v) is 4.71. The molecule has 170 valence electrons. The van der Waals surface area contributed by atoms with E-state index < -0.39 is 23.7 Å². The van der Waals surface area contributed by atoms with Crippen molar-refractivity contribution in [2.24, 2.45) is 0 Å². The van der Waals surface area contributed by atoms with Crippen molar-refractivity contribution in [2.45, 2.75) is 19.9 Å².